The van der Waals surface area contributed by atoms with Gasteiger partial charge in [-0.2, -0.15) is 0 Å². The summed E-state index contributed by atoms with van der Waals surface area (Å²) in [6.07, 6.45) is 5.45. The molecule has 0 amide bonds. The molecule has 2 nitrogen and oxygen atoms in total. The Kier molecular flexibility index (Phi) is 3.49. The smallest absolute Gasteiger partial charge is 0.119 e. The van der Waals surface area contributed by atoms with Crippen LogP contribution in [-0.2, 0) is 0 Å². The molecule has 15 heavy (non-hydrogen) atoms. The Balaban J connectivity index is 1.91. The van der Waals surface area contributed by atoms with E-state index in [0.717, 1.165) is 11.5 Å². The molecule has 0 bridgehead atoms. The van der Waals surface area contributed by atoms with E-state index < -0.39 is 0 Å². The van der Waals surface area contributed by atoms with E-state index in [2.05, 4.69) is 0 Å². The summed E-state index contributed by atoms with van der Waals surface area (Å²) < 4.78 is 11.2. The molecule has 0 unspecified atom stereocenters. The Bertz CT molecular complexity index is 286. The molecule has 0 heterocycles. The van der Waals surface area contributed by atoms with Crippen molar-refractivity contribution in [1.29, 1.82) is 0 Å². The summed E-state index contributed by atoms with van der Waals surface area (Å²) in [4.78, 5) is 0. The van der Waals surface area contributed by atoms with Crippen molar-refractivity contribution in [3.05, 3.63) is 24.3 Å². The minimum Gasteiger partial charge on any atom is -0.494 e. The Morgan fingerprint density at radius 3 is 2.27 bits per heavy atom. The first-order valence-corrected chi connectivity index (χ1v) is 5.78. The van der Waals surface area contributed by atoms with E-state index in [1.807, 2.05) is 31.2 Å². The zero-order chi connectivity index (χ0) is 10.5. The quantitative estimate of drug-likeness (QED) is 0.751. The highest BCUT2D eigenvalue weighted by Gasteiger charge is 2.16. The van der Waals surface area contributed by atoms with Crippen molar-refractivity contribution < 1.29 is 9.47 Å². The van der Waals surface area contributed by atoms with Crippen molar-refractivity contribution >= 4 is 0 Å². The Hall–Kier alpha value is -1.18. The third-order valence-electron chi connectivity index (χ3n) is 2.74. The largest absolute Gasteiger partial charge is 0.494 e. The maximum Gasteiger partial charge on any atom is 0.119 e. The molecule has 1 saturated carbocycles. The van der Waals surface area contributed by atoms with Crippen LogP contribution in [0.15, 0.2) is 24.3 Å². The number of hydrogen-bond donors (Lipinski definition) is 0. The van der Waals surface area contributed by atoms with Crippen LogP contribution in [0.25, 0.3) is 0 Å². The molecule has 0 radical (unpaired) electrons. The van der Waals surface area contributed by atoms with Gasteiger partial charge in [0.2, 0.25) is 0 Å². The van der Waals surface area contributed by atoms with Gasteiger partial charge in [0.1, 0.15) is 11.5 Å². The zero-order valence-corrected chi connectivity index (χ0v) is 9.24. The molecule has 1 aliphatic carbocycles. The average molecular weight is 206 g/mol. The summed E-state index contributed by atoms with van der Waals surface area (Å²) in [6.45, 7) is 2.70. The Labute approximate surface area is 91.2 Å². The molecule has 1 aromatic rings. The van der Waals surface area contributed by atoms with E-state index >= 15 is 0 Å². The van der Waals surface area contributed by atoms with Gasteiger partial charge in [0, 0.05) is 0 Å². The van der Waals surface area contributed by atoms with Crippen LogP contribution in [0.1, 0.15) is 32.6 Å². The SMILES string of the molecule is CCOc1ccc(OC2CCCC2)cc1. The molecule has 0 aromatic heterocycles. The fourth-order valence-electron chi connectivity index (χ4n) is 1.98. The number of rotatable bonds is 4. The second-order valence-electron chi connectivity index (χ2n) is 3.93. The monoisotopic (exact) mass is 206 g/mol. The number of benzene rings is 1. The highest BCUT2D eigenvalue weighted by Crippen LogP contribution is 2.25. The van der Waals surface area contributed by atoms with Crippen LogP contribution < -0.4 is 9.47 Å². The molecule has 1 fully saturated rings. The van der Waals surface area contributed by atoms with Gasteiger partial charge in [-0.1, -0.05) is 0 Å². The maximum atomic E-state index is 5.85. The van der Waals surface area contributed by atoms with Crippen LogP contribution in [0.3, 0.4) is 0 Å². The van der Waals surface area contributed by atoms with E-state index in [1.54, 1.807) is 0 Å². The summed E-state index contributed by atoms with van der Waals surface area (Å²) in [5.74, 6) is 1.88. The lowest BCUT2D eigenvalue weighted by Crippen LogP contribution is -2.10. The summed E-state index contributed by atoms with van der Waals surface area (Å²) in [7, 11) is 0. The van der Waals surface area contributed by atoms with E-state index in [9.17, 15) is 0 Å². The predicted octanol–water partition coefficient (Wildman–Crippen LogP) is 3.41. The first-order valence-electron chi connectivity index (χ1n) is 5.78. The second-order valence-corrected chi connectivity index (χ2v) is 3.93. The fraction of sp³-hybridized carbons (Fsp3) is 0.538. The van der Waals surface area contributed by atoms with Gasteiger partial charge in [0.15, 0.2) is 0 Å². The van der Waals surface area contributed by atoms with E-state index in [-0.39, 0.29) is 0 Å². The normalized spacial score (nSPS) is 16.6. The molecule has 0 atom stereocenters. The van der Waals surface area contributed by atoms with Gasteiger partial charge in [-0.25, -0.2) is 0 Å². The topological polar surface area (TPSA) is 18.5 Å². The second kappa shape index (κ2) is 5.06. The molecule has 2 rings (SSSR count). The third-order valence-corrected chi connectivity index (χ3v) is 2.74. The maximum absolute atomic E-state index is 5.85. The summed E-state index contributed by atoms with van der Waals surface area (Å²) in [5, 5.41) is 0. The van der Waals surface area contributed by atoms with E-state index in [1.165, 1.54) is 25.7 Å². The van der Waals surface area contributed by atoms with Crippen molar-refractivity contribution in [2.75, 3.05) is 6.61 Å². The minimum atomic E-state index is 0.433. The molecular weight excluding hydrogens is 188 g/mol. The van der Waals surface area contributed by atoms with Gasteiger partial charge >= 0.3 is 0 Å². The molecule has 82 valence electrons. The minimum absolute atomic E-state index is 0.433. The molecule has 0 N–H and O–H groups in total. The van der Waals surface area contributed by atoms with Crippen molar-refractivity contribution in [3.63, 3.8) is 0 Å². The van der Waals surface area contributed by atoms with Crippen molar-refractivity contribution in [2.45, 2.75) is 38.7 Å². The van der Waals surface area contributed by atoms with Crippen LogP contribution in [0.5, 0.6) is 11.5 Å². The van der Waals surface area contributed by atoms with Gasteiger partial charge in [-0.3, -0.25) is 0 Å². The molecular formula is C13H18O2. The molecule has 0 aliphatic heterocycles. The van der Waals surface area contributed by atoms with Gasteiger partial charge < -0.3 is 9.47 Å². The number of ether oxygens (including phenoxy) is 2. The lowest BCUT2D eigenvalue weighted by molar-refractivity contribution is 0.209. The van der Waals surface area contributed by atoms with Crippen molar-refractivity contribution in [3.8, 4) is 11.5 Å². The Morgan fingerprint density at radius 1 is 1.07 bits per heavy atom. The van der Waals surface area contributed by atoms with Crippen LogP contribution in [0.4, 0.5) is 0 Å². The van der Waals surface area contributed by atoms with Crippen LogP contribution in [0, 0.1) is 0 Å². The van der Waals surface area contributed by atoms with Crippen molar-refractivity contribution in [1.82, 2.24) is 0 Å². The Morgan fingerprint density at radius 2 is 1.67 bits per heavy atom. The number of hydrogen-bond acceptors (Lipinski definition) is 2. The summed E-state index contributed by atoms with van der Waals surface area (Å²) in [6, 6.07) is 7.91. The fourth-order valence-corrected chi connectivity index (χ4v) is 1.98. The van der Waals surface area contributed by atoms with Crippen LogP contribution in [0.2, 0.25) is 0 Å². The molecule has 0 spiro atoms. The first-order chi connectivity index (χ1) is 7.38. The summed E-state index contributed by atoms with van der Waals surface area (Å²) in [5.41, 5.74) is 0. The lowest BCUT2D eigenvalue weighted by atomic mass is 10.3. The standard InChI is InChI=1S/C13H18O2/c1-2-14-11-7-9-13(10-8-11)15-12-5-3-4-6-12/h7-10,12H,2-6H2,1H3. The zero-order valence-electron chi connectivity index (χ0n) is 9.24. The molecule has 1 aromatic carbocycles. The summed E-state index contributed by atoms with van der Waals surface area (Å²) >= 11 is 0. The first kappa shape index (κ1) is 10.3. The van der Waals surface area contributed by atoms with Gasteiger partial charge in [-0.05, 0) is 56.9 Å². The average Bonchev–Trinajstić information content (AvgIpc) is 2.74. The molecule has 2 heteroatoms. The lowest BCUT2D eigenvalue weighted by Gasteiger charge is -2.13. The van der Waals surface area contributed by atoms with Gasteiger partial charge in [0.25, 0.3) is 0 Å². The third kappa shape index (κ3) is 2.88. The van der Waals surface area contributed by atoms with E-state index in [4.69, 9.17) is 9.47 Å². The van der Waals surface area contributed by atoms with E-state index in [0.29, 0.717) is 12.7 Å². The molecule has 0 saturated heterocycles. The predicted molar refractivity (Wildman–Crippen MR) is 60.5 cm³/mol. The van der Waals surface area contributed by atoms with Crippen LogP contribution in [-0.4, -0.2) is 12.7 Å². The molecule has 1 aliphatic rings. The van der Waals surface area contributed by atoms with Gasteiger partial charge in [-0.15, -0.1) is 0 Å². The highest BCUT2D eigenvalue weighted by atomic mass is 16.5. The highest BCUT2D eigenvalue weighted by molar-refractivity contribution is 5.31. The van der Waals surface area contributed by atoms with Crippen LogP contribution >= 0.6 is 0 Å². The van der Waals surface area contributed by atoms with Crippen molar-refractivity contribution in [2.24, 2.45) is 0 Å². The van der Waals surface area contributed by atoms with Gasteiger partial charge in [0.05, 0.1) is 12.7 Å².